The lowest BCUT2D eigenvalue weighted by molar-refractivity contribution is 0.604. The third kappa shape index (κ3) is 16.7. The molecule has 0 spiro atoms. The SMILES string of the molecule is CCCCCCCCCSSC1=CNN(SSCCCCCCCCC)S1. The van der Waals surface area contributed by atoms with Crippen molar-refractivity contribution < 1.29 is 0 Å². The lowest BCUT2D eigenvalue weighted by Gasteiger charge is -2.12. The predicted molar refractivity (Wildman–Crippen MR) is 137 cm³/mol. The Labute approximate surface area is 189 Å². The van der Waals surface area contributed by atoms with E-state index in [1.807, 2.05) is 55.3 Å². The molecule has 0 unspecified atom stereocenters. The largest absolute Gasteiger partial charge is 0.304 e. The molecule has 0 saturated carbocycles. The molecule has 0 bridgehead atoms. The van der Waals surface area contributed by atoms with Crippen LogP contribution in [0, 0.1) is 0 Å². The summed E-state index contributed by atoms with van der Waals surface area (Å²) >= 11 is 1.83. The maximum absolute atomic E-state index is 3.35. The van der Waals surface area contributed by atoms with E-state index in [1.165, 1.54) is 106 Å². The highest BCUT2D eigenvalue weighted by Gasteiger charge is 2.16. The van der Waals surface area contributed by atoms with Crippen molar-refractivity contribution in [1.29, 1.82) is 0 Å². The molecule has 0 aromatic heterocycles. The Hall–Kier alpha value is 1.25. The van der Waals surface area contributed by atoms with Crippen LogP contribution in [0.5, 0.6) is 0 Å². The molecule has 27 heavy (non-hydrogen) atoms. The molecule has 1 N–H and O–H groups in total. The zero-order valence-electron chi connectivity index (χ0n) is 17.4. The van der Waals surface area contributed by atoms with Crippen molar-refractivity contribution in [1.82, 2.24) is 9.25 Å². The first-order chi connectivity index (χ1) is 13.4. The minimum atomic E-state index is 1.26. The highest BCUT2D eigenvalue weighted by Crippen LogP contribution is 2.45. The zero-order valence-corrected chi connectivity index (χ0v) is 21.5. The molecule has 0 aliphatic carbocycles. The molecule has 2 nitrogen and oxygen atoms in total. The Morgan fingerprint density at radius 3 is 1.85 bits per heavy atom. The number of unbranched alkanes of at least 4 members (excludes halogenated alkanes) is 12. The van der Waals surface area contributed by atoms with Crippen LogP contribution in [0.25, 0.3) is 0 Å². The van der Waals surface area contributed by atoms with Crippen LogP contribution < -0.4 is 5.43 Å². The van der Waals surface area contributed by atoms with E-state index in [1.54, 1.807) is 0 Å². The second-order valence-corrected chi connectivity index (χ2v) is 13.2. The average Bonchev–Trinajstić information content (AvgIpc) is 3.13. The van der Waals surface area contributed by atoms with Crippen LogP contribution in [-0.2, 0) is 0 Å². The third-order valence-electron chi connectivity index (χ3n) is 4.38. The van der Waals surface area contributed by atoms with Gasteiger partial charge in [0, 0.05) is 40.6 Å². The summed E-state index contributed by atoms with van der Waals surface area (Å²) in [6, 6.07) is 0. The van der Waals surface area contributed by atoms with Crippen molar-refractivity contribution in [3.05, 3.63) is 10.4 Å². The molecule has 0 radical (unpaired) electrons. The molecule has 0 aromatic carbocycles. The Morgan fingerprint density at radius 1 is 0.741 bits per heavy atom. The molecule has 1 aliphatic rings. The number of nitrogens with one attached hydrogen (secondary N) is 1. The van der Waals surface area contributed by atoms with E-state index in [0.717, 1.165) is 0 Å². The molecular weight excluding hydrogens is 429 g/mol. The van der Waals surface area contributed by atoms with Crippen molar-refractivity contribution in [3.63, 3.8) is 0 Å². The molecule has 0 amide bonds. The quantitative estimate of drug-likeness (QED) is 0.107. The molecule has 0 saturated heterocycles. The fraction of sp³-hybridized carbons (Fsp3) is 0.900. The molecule has 0 atom stereocenters. The van der Waals surface area contributed by atoms with Gasteiger partial charge >= 0.3 is 0 Å². The normalized spacial score (nSPS) is 14.5. The van der Waals surface area contributed by atoms with E-state index >= 15 is 0 Å². The lowest BCUT2D eigenvalue weighted by Crippen LogP contribution is -2.13. The number of hydrogen-bond donors (Lipinski definition) is 1. The van der Waals surface area contributed by atoms with Gasteiger partial charge in [0.05, 0.1) is 4.24 Å². The summed E-state index contributed by atoms with van der Waals surface area (Å²) in [6.07, 6.45) is 21.7. The van der Waals surface area contributed by atoms with E-state index in [0.29, 0.717) is 0 Å². The number of hydrazine groups is 1. The molecule has 1 aliphatic heterocycles. The van der Waals surface area contributed by atoms with Crippen LogP contribution in [0.15, 0.2) is 10.4 Å². The van der Waals surface area contributed by atoms with Gasteiger partial charge in [0.25, 0.3) is 0 Å². The van der Waals surface area contributed by atoms with Gasteiger partial charge in [-0.1, -0.05) is 116 Å². The smallest absolute Gasteiger partial charge is 0.0865 e. The van der Waals surface area contributed by atoms with Crippen molar-refractivity contribution >= 4 is 55.3 Å². The summed E-state index contributed by atoms with van der Waals surface area (Å²) in [4.78, 5) is 0. The van der Waals surface area contributed by atoms with E-state index in [4.69, 9.17) is 0 Å². The summed E-state index contributed by atoms with van der Waals surface area (Å²) in [5.74, 6) is 2.53. The van der Waals surface area contributed by atoms with E-state index in [9.17, 15) is 0 Å². The van der Waals surface area contributed by atoms with Gasteiger partial charge in [0.2, 0.25) is 0 Å². The second-order valence-electron chi connectivity index (χ2n) is 6.99. The topological polar surface area (TPSA) is 15.3 Å². The summed E-state index contributed by atoms with van der Waals surface area (Å²) in [5, 5.41) is 0. The van der Waals surface area contributed by atoms with Gasteiger partial charge in [0.15, 0.2) is 0 Å². The minimum Gasteiger partial charge on any atom is -0.304 e. The van der Waals surface area contributed by atoms with Crippen LogP contribution in [0.2, 0.25) is 0 Å². The molecule has 1 rings (SSSR count). The van der Waals surface area contributed by atoms with Gasteiger partial charge in [-0.15, -0.1) is 0 Å². The van der Waals surface area contributed by atoms with Crippen molar-refractivity contribution in [2.24, 2.45) is 0 Å². The number of hydrogen-bond acceptors (Lipinski definition) is 7. The predicted octanol–water partition coefficient (Wildman–Crippen LogP) is 9.43. The van der Waals surface area contributed by atoms with Crippen LogP contribution in [0.1, 0.15) is 104 Å². The monoisotopic (exact) mass is 468 g/mol. The van der Waals surface area contributed by atoms with Crippen molar-refractivity contribution in [2.75, 3.05) is 11.5 Å². The van der Waals surface area contributed by atoms with Gasteiger partial charge < -0.3 is 5.43 Å². The summed E-state index contributed by atoms with van der Waals surface area (Å²) in [6.45, 7) is 4.57. The fourth-order valence-corrected chi connectivity index (χ4v) is 8.63. The zero-order chi connectivity index (χ0) is 19.4. The molecule has 0 fully saturated rings. The maximum Gasteiger partial charge on any atom is 0.0865 e. The Bertz CT molecular complexity index is 355. The first kappa shape index (κ1) is 26.3. The van der Waals surface area contributed by atoms with E-state index in [-0.39, 0.29) is 0 Å². The van der Waals surface area contributed by atoms with Crippen LogP contribution in [0.3, 0.4) is 0 Å². The molecular formula is C20H40N2S5. The highest BCUT2D eigenvalue weighted by atomic mass is 33.1. The standard InChI is InChI=1S/C20H40N2S5/c1-3-5-7-9-11-13-15-17-23-26-20-19-21-22(25-20)27-24-18-16-14-12-10-8-6-4-2/h19,21H,3-18H2,1-2H3. The van der Waals surface area contributed by atoms with E-state index in [2.05, 4.69) is 29.3 Å². The second kappa shape index (κ2) is 20.5. The average molecular weight is 469 g/mol. The molecule has 1 heterocycles. The summed E-state index contributed by atoms with van der Waals surface area (Å²) < 4.78 is 3.56. The van der Waals surface area contributed by atoms with Crippen LogP contribution in [0.4, 0.5) is 0 Å². The van der Waals surface area contributed by atoms with Crippen LogP contribution >= 0.6 is 55.3 Å². The van der Waals surface area contributed by atoms with E-state index < -0.39 is 0 Å². The molecule has 0 aromatic rings. The van der Waals surface area contributed by atoms with Gasteiger partial charge in [-0.3, -0.25) is 0 Å². The lowest BCUT2D eigenvalue weighted by atomic mass is 10.1. The number of rotatable bonds is 20. The first-order valence-electron chi connectivity index (χ1n) is 10.9. The Balaban J connectivity index is 1.82. The third-order valence-corrected chi connectivity index (χ3v) is 10.8. The number of nitrogens with zero attached hydrogens (tertiary/aromatic N) is 1. The van der Waals surface area contributed by atoms with Gasteiger partial charge in [-0.2, -0.15) is 0 Å². The molecule has 7 heteroatoms. The summed E-state index contributed by atoms with van der Waals surface area (Å²) in [7, 11) is 7.76. The summed E-state index contributed by atoms with van der Waals surface area (Å²) in [5.41, 5.74) is 3.35. The first-order valence-corrected chi connectivity index (χ1v) is 16.3. The van der Waals surface area contributed by atoms with Crippen molar-refractivity contribution in [3.8, 4) is 0 Å². The van der Waals surface area contributed by atoms with Gasteiger partial charge in [-0.05, 0) is 23.6 Å². The van der Waals surface area contributed by atoms with Crippen LogP contribution in [-0.4, -0.2) is 15.3 Å². The highest BCUT2D eigenvalue weighted by molar-refractivity contribution is 8.81. The Morgan fingerprint density at radius 2 is 1.26 bits per heavy atom. The van der Waals surface area contributed by atoms with Gasteiger partial charge in [0.1, 0.15) is 0 Å². The molecule has 160 valence electrons. The van der Waals surface area contributed by atoms with Crippen molar-refractivity contribution in [2.45, 2.75) is 104 Å². The Kier molecular flexibility index (Phi) is 20.0. The van der Waals surface area contributed by atoms with Gasteiger partial charge in [-0.25, -0.2) is 0 Å². The maximum atomic E-state index is 3.35. The minimum absolute atomic E-state index is 1.26. The fourth-order valence-electron chi connectivity index (χ4n) is 2.74.